The molecule has 3 N–H and O–H groups in total. The van der Waals surface area contributed by atoms with Crippen LogP contribution in [0.5, 0.6) is 0 Å². The van der Waals surface area contributed by atoms with E-state index in [1.54, 1.807) is 18.5 Å². The predicted octanol–water partition coefficient (Wildman–Crippen LogP) is 0.689. The molecule has 7 heteroatoms. The number of aromatic nitrogens is 1. The van der Waals surface area contributed by atoms with E-state index >= 15 is 0 Å². The van der Waals surface area contributed by atoms with Gasteiger partial charge in [-0.2, -0.15) is 0 Å². The zero-order chi connectivity index (χ0) is 18.4. The maximum Gasteiger partial charge on any atom is 0.223 e. The third-order valence-corrected chi connectivity index (χ3v) is 4.87. The van der Waals surface area contributed by atoms with E-state index in [1.807, 2.05) is 18.2 Å². The van der Waals surface area contributed by atoms with E-state index in [4.69, 9.17) is 4.74 Å². The summed E-state index contributed by atoms with van der Waals surface area (Å²) in [5.41, 5.74) is 0.973. The number of aliphatic hydroxyl groups is 1. The number of rotatable bonds is 7. The van der Waals surface area contributed by atoms with E-state index in [-0.39, 0.29) is 36.8 Å². The summed E-state index contributed by atoms with van der Waals surface area (Å²) in [6.07, 6.45) is 9.11. The van der Waals surface area contributed by atoms with Gasteiger partial charge in [-0.3, -0.25) is 14.6 Å². The van der Waals surface area contributed by atoms with Gasteiger partial charge in [0.1, 0.15) is 6.10 Å². The van der Waals surface area contributed by atoms with Gasteiger partial charge in [-0.1, -0.05) is 18.6 Å². The Morgan fingerprint density at radius 3 is 2.65 bits per heavy atom. The minimum Gasteiger partial charge on any atom is -0.394 e. The molecular weight excluding hydrogens is 334 g/mol. The molecule has 1 fully saturated rings. The van der Waals surface area contributed by atoms with Crippen molar-refractivity contribution < 1.29 is 19.4 Å². The zero-order valence-corrected chi connectivity index (χ0v) is 14.6. The molecule has 140 valence electrons. The lowest BCUT2D eigenvalue weighted by Gasteiger charge is -2.33. The van der Waals surface area contributed by atoms with Crippen LogP contribution in [-0.4, -0.2) is 46.8 Å². The average Bonchev–Trinajstić information content (AvgIpc) is 2.60. The smallest absolute Gasteiger partial charge is 0.223 e. The summed E-state index contributed by atoms with van der Waals surface area (Å²) in [5.74, 6) is -0.0361. The molecule has 2 heterocycles. The van der Waals surface area contributed by atoms with Gasteiger partial charge in [0.25, 0.3) is 0 Å². The van der Waals surface area contributed by atoms with Crippen molar-refractivity contribution in [3.63, 3.8) is 0 Å². The van der Waals surface area contributed by atoms with Crippen LogP contribution in [0.15, 0.2) is 36.7 Å². The molecule has 1 aliphatic carbocycles. The van der Waals surface area contributed by atoms with Gasteiger partial charge in [-0.25, -0.2) is 0 Å². The highest BCUT2D eigenvalue weighted by atomic mass is 16.5. The number of ether oxygens (including phenoxy) is 1. The average molecular weight is 359 g/mol. The Morgan fingerprint density at radius 1 is 1.23 bits per heavy atom. The second kappa shape index (κ2) is 8.91. The number of hydrogen-bond acceptors (Lipinski definition) is 5. The van der Waals surface area contributed by atoms with Crippen LogP contribution in [0.1, 0.15) is 31.2 Å². The van der Waals surface area contributed by atoms with Crippen LogP contribution in [0.25, 0.3) is 0 Å². The Morgan fingerprint density at radius 2 is 2.00 bits per heavy atom. The van der Waals surface area contributed by atoms with Crippen molar-refractivity contribution >= 4 is 11.8 Å². The number of amides is 2. The van der Waals surface area contributed by atoms with Crippen LogP contribution in [0.4, 0.5) is 0 Å². The molecule has 7 nitrogen and oxygen atoms in total. The quantitative estimate of drug-likeness (QED) is 0.622. The fraction of sp³-hybridized carbons (Fsp3) is 0.526. The second-order valence-corrected chi connectivity index (χ2v) is 6.78. The summed E-state index contributed by atoms with van der Waals surface area (Å²) < 4.78 is 5.78. The summed E-state index contributed by atoms with van der Waals surface area (Å²) in [6.45, 7) is 0.219. The van der Waals surface area contributed by atoms with Gasteiger partial charge in [0, 0.05) is 24.9 Å². The van der Waals surface area contributed by atoms with E-state index in [2.05, 4.69) is 15.6 Å². The van der Waals surface area contributed by atoms with Gasteiger partial charge in [-0.15, -0.1) is 0 Å². The number of pyridine rings is 1. The highest BCUT2D eigenvalue weighted by Gasteiger charge is 2.32. The Balaban J connectivity index is 1.47. The molecule has 1 saturated carbocycles. The Bertz CT molecular complexity index is 645. The summed E-state index contributed by atoms with van der Waals surface area (Å²) >= 11 is 0. The van der Waals surface area contributed by atoms with E-state index in [0.29, 0.717) is 6.54 Å². The first-order chi connectivity index (χ1) is 12.7. The third-order valence-electron chi connectivity index (χ3n) is 4.87. The SMILES string of the molecule is O=C(C[C@H]1C=C[C@H](NC(=O)C2CCC2)[C@@H](CO)O1)NCc1ccncc1. The van der Waals surface area contributed by atoms with Crippen molar-refractivity contribution in [2.75, 3.05) is 6.61 Å². The minimum atomic E-state index is -0.540. The fourth-order valence-electron chi connectivity index (χ4n) is 3.04. The van der Waals surface area contributed by atoms with E-state index < -0.39 is 12.2 Å². The summed E-state index contributed by atoms with van der Waals surface area (Å²) in [7, 11) is 0. The van der Waals surface area contributed by atoms with Crippen molar-refractivity contribution in [3.8, 4) is 0 Å². The summed E-state index contributed by atoms with van der Waals surface area (Å²) in [4.78, 5) is 28.1. The van der Waals surface area contributed by atoms with E-state index in [1.165, 1.54) is 0 Å². The lowest BCUT2D eigenvalue weighted by Crippen LogP contribution is -2.51. The van der Waals surface area contributed by atoms with Gasteiger partial charge in [0.2, 0.25) is 11.8 Å². The molecule has 0 saturated heterocycles. The number of nitrogens with one attached hydrogen (secondary N) is 2. The number of carbonyl (C=O) groups excluding carboxylic acids is 2. The van der Waals surface area contributed by atoms with Crippen molar-refractivity contribution in [2.24, 2.45) is 5.92 Å². The van der Waals surface area contributed by atoms with Crippen LogP contribution < -0.4 is 10.6 Å². The third kappa shape index (κ3) is 4.89. The number of hydrogen-bond donors (Lipinski definition) is 3. The molecular formula is C19H25N3O4. The standard InChI is InChI=1S/C19H25N3O4/c23-12-17-16(22-19(25)14-2-1-3-14)5-4-15(26-17)10-18(24)21-11-13-6-8-20-9-7-13/h4-9,14-17,23H,1-3,10-12H2,(H,21,24)(H,22,25)/t15-,16+,17-/m1/s1. The molecule has 26 heavy (non-hydrogen) atoms. The maximum absolute atomic E-state index is 12.1. The zero-order valence-electron chi connectivity index (χ0n) is 14.6. The Labute approximate surface area is 152 Å². The topological polar surface area (TPSA) is 101 Å². The van der Waals surface area contributed by atoms with Gasteiger partial charge in [0.15, 0.2) is 0 Å². The van der Waals surface area contributed by atoms with Crippen molar-refractivity contribution in [3.05, 3.63) is 42.2 Å². The predicted molar refractivity (Wildman–Crippen MR) is 94.9 cm³/mol. The normalized spacial score (nSPS) is 25.3. The molecule has 0 bridgehead atoms. The van der Waals surface area contributed by atoms with Gasteiger partial charge in [-0.05, 0) is 30.5 Å². The first-order valence-electron chi connectivity index (χ1n) is 9.06. The number of nitrogens with zero attached hydrogens (tertiary/aromatic N) is 1. The maximum atomic E-state index is 12.1. The number of aliphatic hydroxyl groups excluding tert-OH is 1. The molecule has 1 aliphatic heterocycles. The molecule has 0 unspecified atom stereocenters. The second-order valence-electron chi connectivity index (χ2n) is 6.78. The van der Waals surface area contributed by atoms with E-state index in [0.717, 1.165) is 24.8 Å². The van der Waals surface area contributed by atoms with Gasteiger partial charge < -0.3 is 20.5 Å². The monoisotopic (exact) mass is 359 g/mol. The fourth-order valence-corrected chi connectivity index (χ4v) is 3.04. The van der Waals surface area contributed by atoms with Crippen LogP contribution in [0.3, 0.4) is 0 Å². The molecule has 1 aromatic rings. The van der Waals surface area contributed by atoms with Crippen LogP contribution >= 0.6 is 0 Å². The largest absolute Gasteiger partial charge is 0.394 e. The van der Waals surface area contributed by atoms with Crippen molar-refractivity contribution in [1.82, 2.24) is 15.6 Å². The first kappa shape index (κ1) is 18.5. The van der Waals surface area contributed by atoms with Crippen LogP contribution in [0.2, 0.25) is 0 Å². The molecule has 3 atom stereocenters. The minimum absolute atomic E-state index is 0.0153. The van der Waals surface area contributed by atoms with Gasteiger partial charge in [0.05, 0.1) is 25.2 Å². The van der Waals surface area contributed by atoms with E-state index in [9.17, 15) is 14.7 Å². The molecule has 0 radical (unpaired) electrons. The number of carbonyl (C=O) groups is 2. The molecule has 2 amide bonds. The summed E-state index contributed by atoms with van der Waals surface area (Å²) in [6, 6.07) is 3.33. The highest BCUT2D eigenvalue weighted by Crippen LogP contribution is 2.27. The molecule has 3 rings (SSSR count). The highest BCUT2D eigenvalue weighted by molar-refractivity contribution is 5.80. The van der Waals surface area contributed by atoms with Crippen LogP contribution in [-0.2, 0) is 20.9 Å². The van der Waals surface area contributed by atoms with Gasteiger partial charge >= 0.3 is 0 Å². The molecule has 1 aromatic heterocycles. The Kier molecular flexibility index (Phi) is 6.35. The first-order valence-corrected chi connectivity index (χ1v) is 9.06. The molecule has 0 aromatic carbocycles. The lowest BCUT2D eigenvalue weighted by molar-refractivity contribution is -0.132. The van der Waals surface area contributed by atoms with Crippen molar-refractivity contribution in [2.45, 2.75) is 50.5 Å². The molecule has 0 spiro atoms. The van der Waals surface area contributed by atoms with Crippen molar-refractivity contribution in [1.29, 1.82) is 0 Å². The Hall–Kier alpha value is -2.25. The molecule has 2 aliphatic rings. The van der Waals surface area contributed by atoms with Crippen LogP contribution in [0, 0.1) is 5.92 Å². The summed E-state index contributed by atoms with van der Waals surface area (Å²) in [5, 5.41) is 15.3. The lowest BCUT2D eigenvalue weighted by atomic mass is 9.84.